The highest BCUT2D eigenvalue weighted by Crippen LogP contribution is 2.45. The minimum Gasteiger partial charge on any atom is -0.497 e. The molecule has 0 heterocycles. The third-order valence-electron chi connectivity index (χ3n) is 6.93. The fraction of sp³-hybridized carbons (Fsp3) is 0.500. The highest BCUT2D eigenvalue weighted by Gasteiger charge is 2.30. The van der Waals surface area contributed by atoms with E-state index in [-0.39, 0.29) is 70.6 Å². The van der Waals surface area contributed by atoms with E-state index in [0.717, 1.165) is 0 Å². The van der Waals surface area contributed by atoms with E-state index in [4.69, 9.17) is 28.4 Å². The monoisotopic (exact) mass is 616 g/mol. The van der Waals surface area contributed by atoms with Crippen molar-refractivity contribution in [3.63, 3.8) is 0 Å². The highest BCUT2D eigenvalue weighted by molar-refractivity contribution is 6.07. The summed E-state index contributed by atoms with van der Waals surface area (Å²) in [6, 6.07) is 5.17. The fourth-order valence-corrected chi connectivity index (χ4v) is 4.39. The van der Waals surface area contributed by atoms with Crippen LogP contribution in [0.5, 0.6) is 23.0 Å². The van der Waals surface area contributed by atoms with Crippen molar-refractivity contribution in [3.8, 4) is 34.1 Å². The summed E-state index contributed by atoms with van der Waals surface area (Å²) in [7, 11) is 5.69. The molecule has 44 heavy (non-hydrogen) atoms. The average Bonchev–Trinajstić information content (AvgIpc) is 2.98. The zero-order chi connectivity index (χ0) is 33.1. The molecule has 0 unspecified atom stereocenters. The Morgan fingerprint density at radius 1 is 0.591 bits per heavy atom. The first-order valence-electron chi connectivity index (χ1n) is 14.2. The molecule has 242 valence electrons. The summed E-state index contributed by atoms with van der Waals surface area (Å²) >= 11 is 0. The highest BCUT2D eigenvalue weighted by atomic mass is 16.5. The predicted molar refractivity (Wildman–Crippen MR) is 164 cm³/mol. The van der Waals surface area contributed by atoms with Gasteiger partial charge in [0.2, 0.25) is 11.8 Å². The Bertz CT molecular complexity index is 1240. The van der Waals surface area contributed by atoms with Gasteiger partial charge in [-0.2, -0.15) is 0 Å². The van der Waals surface area contributed by atoms with Gasteiger partial charge in [0.1, 0.15) is 36.2 Å². The van der Waals surface area contributed by atoms with Crippen molar-refractivity contribution in [2.24, 2.45) is 11.8 Å². The van der Waals surface area contributed by atoms with Crippen molar-refractivity contribution in [2.45, 2.75) is 53.6 Å². The van der Waals surface area contributed by atoms with Crippen molar-refractivity contribution in [3.05, 3.63) is 35.4 Å². The maximum atomic E-state index is 13.7. The van der Waals surface area contributed by atoms with Crippen LogP contribution in [0.1, 0.15) is 62.3 Å². The van der Waals surface area contributed by atoms with Crippen LogP contribution >= 0.6 is 0 Å². The zero-order valence-corrected chi connectivity index (χ0v) is 27.1. The van der Waals surface area contributed by atoms with Gasteiger partial charge < -0.3 is 39.1 Å². The summed E-state index contributed by atoms with van der Waals surface area (Å²) in [4.78, 5) is 50.9. The second-order valence-electron chi connectivity index (χ2n) is 10.8. The molecule has 0 aliphatic rings. The average molecular weight is 617 g/mol. The van der Waals surface area contributed by atoms with Crippen LogP contribution in [0.2, 0.25) is 0 Å². The summed E-state index contributed by atoms with van der Waals surface area (Å²) in [5.41, 5.74) is 0.407. The molecule has 2 aromatic carbocycles. The maximum absolute atomic E-state index is 13.7. The van der Waals surface area contributed by atoms with Crippen molar-refractivity contribution in [1.82, 2.24) is 10.6 Å². The lowest BCUT2D eigenvalue weighted by molar-refractivity contribution is -0.121. The number of hydrogen-bond acceptors (Lipinski definition) is 10. The minimum atomic E-state index is -0.754. The molecule has 0 aromatic heterocycles. The molecule has 0 spiro atoms. The number of methoxy groups -OCH3 is 4. The van der Waals surface area contributed by atoms with Gasteiger partial charge in [-0.3, -0.25) is 9.59 Å². The molecule has 0 saturated carbocycles. The Morgan fingerprint density at radius 3 is 1.18 bits per heavy atom. The maximum Gasteiger partial charge on any atom is 0.339 e. The van der Waals surface area contributed by atoms with Gasteiger partial charge in [-0.25, -0.2) is 9.59 Å². The Labute approximate surface area is 258 Å². The molecule has 0 aliphatic carbocycles. The third kappa shape index (κ3) is 9.26. The predicted octanol–water partition coefficient (Wildman–Crippen LogP) is 4.02. The summed E-state index contributed by atoms with van der Waals surface area (Å²) in [6.45, 7) is 10.1. The third-order valence-corrected chi connectivity index (χ3v) is 6.93. The number of esters is 2. The normalized spacial score (nSPS) is 12.2. The Kier molecular flexibility index (Phi) is 13.3. The van der Waals surface area contributed by atoms with Gasteiger partial charge >= 0.3 is 11.9 Å². The molecular formula is C32H44N2O10. The van der Waals surface area contributed by atoms with Crippen LogP contribution in [0.15, 0.2) is 24.3 Å². The Hall–Kier alpha value is -4.48. The second kappa shape index (κ2) is 16.4. The van der Waals surface area contributed by atoms with Gasteiger partial charge in [-0.1, -0.05) is 27.7 Å². The number of nitrogens with one attached hydrogen (secondary N) is 2. The van der Waals surface area contributed by atoms with Crippen LogP contribution in [0.25, 0.3) is 11.1 Å². The summed E-state index contributed by atoms with van der Waals surface area (Å²) in [5, 5.41) is 5.58. The number of hydrogen-bond donors (Lipinski definition) is 2. The molecule has 0 aliphatic heterocycles. The molecule has 2 N–H and O–H groups in total. The number of amides is 2. The molecule has 2 aromatic rings. The van der Waals surface area contributed by atoms with Crippen molar-refractivity contribution < 1.29 is 47.6 Å². The number of benzene rings is 2. The summed E-state index contributed by atoms with van der Waals surface area (Å²) in [6.07, 6.45) is 0. The number of ether oxygens (including phenoxy) is 6. The molecule has 12 heteroatoms. The Morgan fingerprint density at radius 2 is 0.932 bits per heavy atom. The van der Waals surface area contributed by atoms with Gasteiger partial charge in [0.05, 0.1) is 51.6 Å². The first-order chi connectivity index (χ1) is 20.8. The summed E-state index contributed by atoms with van der Waals surface area (Å²) < 4.78 is 33.6. The van der Waals surface area contributed by atoms with Crippen LogP contribution in [-0.4, -0.2) is 77.5 Å². The lowest BCUT2D eigenvalue weighted by atomic mass is 9.92. The number of rotatable bonds is 15. The molecule has 0 saturated heterocycles. The smallest absolute Gasteiger partial charge is 0.339 e. The van der Waals surface area contributed by atoms with Crippen molar-refractivity contribution >= 4 is 23.8 Å². The van der Waals surface area contributed by atoms with Gasteiger partial charge in [0.25, 0.3) is 0 Å². The van der Waals surface area contributed by atoms with Gasteiger partial charge in [0.15, 0.2) is 0 Å². The van der Waals surface area contributed by atoms with Gasteiger partial charge in [0, 0.05) is 37.1 Å². The van der Waals surface area contributed by atoms with Gasteiger partial charge in [-0.15, -0.1) is 0 Å². The molecule has 12 nitrogen and oxygen atoms in total. The lowest BCUT2D eigenvalue weighted by Gasteiger charge is -2.24. The van der Waals surface area contributed by atoms with Crippen LogP contribution in [0.3, 0.4) is 0 Å². The van der Waals surface area contributed by atoms with Crippen LogP contribution in [-0.2, 0) is 19.1 Å². The lowest BCUT2D eigenvalue weighted by Crippen LogP contribution is -2.41. The van der Waals surface area contributed by atoms with Crippen molar-refractivity contribution in [2.75, 3.05) is 41.7 Å². The van der Waals surface area contributed by atoms with E-state index >= 15 is 0 Å². The topological polar surface area (TPSA) is 148 Å². The van der Waals surface area contributed by atoms with E-state index in [1.807, 2.05) is 27.7 Å². The first-order valence-corrected chi connectivity index (χ1v) is 14.2. The molecular weight excluding hydrogens is 572 g/mol. The molecule has 0 fully saturated rings. The molecule has 2 rings (SSSR count). The minimum absolute atomic E-state index is 0.0161. The first kappa shape index (κ1) is 35.7. The molecule has 0 bridgehead atoms. The largest absolute Gasteiger partial charge is 0.497 e. The van der Waals surface area contributed by atoms with E-state index in [0.29, 0.717) is 11.5 Å². The van der Waals surface area contributed by atoms with Crippen molar-refractivity contribution in [1.29, 1.82) is 0 Å². The Balaban J connectivity index is 2.75. The van der Waals surface area contributed by atoms with Crippen LogP contribution in [0.4, 0.5) is 0 Å². The van der Waals surface area contributed by atoms with E-state index in [2.05, 4.69) is 10.6 Å². The van der Waals surface area contributed by atoms with E-state index < -0.39 is 24.0 Å². The SMILES string of the molecule is COc1cc(OC)c(-c2c(OC)cc(OC)cc2C(=O)OC[C@@H](NC(C)=O)C(C)C)c(C(=O)OC[C@@H](NC(C)=O)C(C)C)c1. The second-order valence-corrected chi connectivity index (χ2v) is 10.8. The van der Waals surface area contributed by atoms with E-state index in [1.165, 1.54) is 54.4 Å². The summed E-state index contributed by atoms with van der Waals surface area (Å²) in [5.74, 6) is -1.10. The molecule has 0 radical (unpaired) electrons. The van der Waals surface area contributed by atoms with Gasteiger partial charge in [-0.05, 0) is 24.0 Å². The number of carbonyl (C=O) groups excluding carboxylic acids is 4. The number of carbonyl (C=O) groups is 4. The van der Waals surface area contributed by atoms with Crippen LogP contribution in [0, 0.1) is 11.8 Å². The van der Waals surface area contributed by atoms with Crippen LogP contribution < -0.4 is 29.6 Å². The van der Waals surface area contributed by atoms with E-state index in [1.54, 1.807) is 12.1 Å². The van der Waals surface area contributed by atoms with E-state index in [9.17, 15) is 19.2 Å². The fourth-order valence-electron chi connectivity index (χ4n) is 4.39. The molecule has 2 amide bonds. The quantitative estimate of drug-likeness (QED) is 0.281. The molecule has 2 atom stereocenters. The zero-order valence-electron chi connectivity index (χ0n) is 27.1. The standard InChI is InChI=1S/C32H44N2O10/c1-17(2)25(33-19(5)35)15-43-31(37)23-11-21(39-7)13-27(41-9)29(23)30-24(12-22(40-8)14-28(30)42-10)32(38)44-16-26(18(3)4)34-20(6)36/h11-14,17-18,25-26H,15-16H2,1-10H3,(H,33,35)(H,34,36)/t25-,26-/m1/s1.